The zero-order chi connectivity index (χ0) is 30.6. The van der Waals surface area contributed by atoms with Crippen LogP contribution in [0.25, 0.3) is 0 Å². The second kappa shape index (κ2) is 12.8. The molecule has 2 aliphatic carbocycles. The zero-order valence-corrected chi connectivity index (χ0v) is 25.0. The lowest BCUT2D eigenvalue weighted by molar-refractivity contribution is -0.253. The Morgan fingerprint density at radius 1 is 0.897 bits per heavy atom. The maximum Gasteiger partial charge on any atom is 0.416 e. The first-order chi connectivity index (χ1) is 17.5. The number of carboxylic acid groups (broad SMARTS) is 1. The number of carbonyl (C=O) groups excluding carboxylic acids is 2. The average molecular weight is 567 g/mol. The molecule has 0 aromatic carbocycles. The average Bonchev–Trinajstić information content (AvgIpc) is 3.40. The minimum Gasteiger partial charge on any atom is -0.481 e. The van der Waals surface area contributed by atoms with Crippen molar-refractivity contribution >= 4 is 17.9 Å². The number of carboxylic acids is 1. The molecule has 228 valence electrons. The third kappa shape index (κ3) is 9.94. The van der Waals surface area contributed by atoms with Crippen LogP contribution in [-0.2, 0) is 23.9 Å². The van der Waals surface area contributed by atoms with E-state index in [1.807, 2.05) is 27.7 Å². The van der Waals surface area contributed by atoms with Gasteiger partial charge in [-0.05, 0) is 112 Å². The van der Waals surface area contributed by atoms with Gasteiger partial charge < -0.3 is 19.7 Å². The van der Waals surface area contributed by atoms with E-state index < -0.39 is 40.1 Å². The molecule has 0 aliphatic heterocycles. The number of aliphatic hydroxyl groups is 1. The van der Waals surface area contributed by atoms with Crippen LogP contribution in [0, 0.1) is 28.6 Å². The highest BCUT2D eigenvalue weighted by molar-refractivity contribution is 5.80. The van der Waals surface area contributed by atoms with Crippen LogP contribution in [0.2, 0.25) is 0 Å². The van der Waals surface area contributed by atoms with E-state index in [-0.39, 0.29) is 37.3 Å². The first kappa shape index (κ1) is 35.2. The zero-order valence-electron chi connectivity index (χ0n) is 25.0. The summed E-state index contributed by atoms with van der Waals surface area (Å²) in [6.45, 7) is 14.4. The summed E-state index contributed by atoms with van der Waals surface area (Å²) in [7, 11) is 0. The fraction of sp³-hybridized carbons (Fsp3) is 0.897. The lowest BCUT2D eigenvalue weighted by Crippen LogP contribution is -2.41. The van der Waals surface area contributed by atoms with E-state index >= 15 is 0 Å². The van der Waals surface area contributed by atoms with Gasteiger partial charge in [0.15, 0.2) is 5.60 Å². The topological polar surface area (TPSA) is 110 Å². The predicted octanol–water partition coefficient (Wildman–Crippen LogP) is 6.69. The molecular weight excluding hydrogens is 517 g/mol. The molecule has 2 rings (SSSR count). The Labute approximate surface area is 231 Å². The molecule has 6 atom stereocenters. The minimum absolute atomic E-state index is 0.0684. The lowest BCUT2D eigenvalue weighted by Gasteiger charge is -2.35. The Bertz CT molecular complexity index is 860. The van der Waals surface area contributed by atoms with Crippen LogP contribution < -0.4 is 0 Å². The van der Waals surface area contributed by atoms with Gasteiger partial charge in [0.25, 0.3) is 0 Å². The number of esters is 2. The smallest absolute Gasteiger partial charge is 0.416 e. The molecule has 2 bridgehead atoms. The predicted molar refractivity (Wildman–Crippen MR) is 141 cm³/mol. The Balaban J connectivity index is 0.000000724. The highest BCUT2D eigenvalue weighted by atomic mass is 19.4. The van der Waals surface area contributed by atoms with Gasteiger partial charge in [-0.1, -0.05) is 13.8 Å². The molecule has 10 heteroatoms. The van der Waals surface area contributed by atoms with Crippen molar-refractivity contribution < 1.29 is 47.2 Å². The van der Waals surface area contributed by atoms with Crippen LogP contribution in [0.4, 0.5) is 13.2 Å². The molecule has 0 aromatic rings. The molecule has 0 spiro atoms. The molecule has 2 aliphatic rings. The number of rotatable bonds is 10. The lowest BCUT2D eigenvalue weighted by atomic mass is 9.73. The van der Waals surface area contributed by atoms with Crippen LogP contribution in [0.3, 0.4) is 0 Å². The number of hydrogen-bond donors (Lipinski definition) is 2. The first-order valence-corrected chi connectivity index (χ1v) is 13.9. The van der Waals surface area contributed by atoms with Gasteiger partial charge in [0.2, 0.25) is 0 Å². The fourth-order valence-electron chi connectivity index (χ4n) is 5.04. The second-order valence-corrected chi connectivity index (χ2v) is 13.5. The van der Waals surface area contributed by atoms with Crippen molar-refractivity contribution in [1.82, 2.24) is 0 Å². The molecule has 0 amide bonds. The van der Waals surface area contributed by atoms with Crippen LogP contribution in [0.15, 0.2) is 0 Å². The molecule has 0 saturated heterocycles. The maximum atomic E-state index is 13.2. The molecule has 39 heavy (non-hydrogen) atoms. The van der Waals surface area contributed by atoms with E-state index in [4.69, 9.17) is 14.6 Å². The highest BCUT2D eigenvalue weighted by Crippen LogP contribution is 2.47. The molecule has 7 nitrogen and oxygen atoms in total. The summed E-state index contributed by atoms with van der Waals surface area (Å²) in [5, 5.41) is 18.2. The summed E-state index contributed by atoms with van der Waals surface area (Å²) >= 11 is 0. The van der Waals surface area contributed by atoms with Crippen LogP contribution >= 0.6 is 0 Å². The van der Waals surface area contributed by atoms with Gasteiger partial charge in [-0.25, -0.2) is 0 Å². The monoisotopic (exact) mass is 566 g/mol. The van der Waals surface area contributed by atoms with Gasteiger partial charge in [0.05, 0.1) is 16.7 Å². The van der Waals surface area contributed by atoms with Crippen LogP contribution in [0.5, 0.6) is 0 Å². The van der Waals surface area contributed by atoms with Gasteiger partial charge in [-0.2, -0.15) is 13.2 Å². The van der Waals surface area contributed by atoms with Crippen molar-refractivity contribution in [3.05, 3.63) is 0 Å². The van der Waals surface area contributed by atoms with E-state index in [2.05, 4.69) is 0 Å². The van der Waals surface area contributed by atoms with Crippen molar-refractivity contribution in [3.63, 3.8) is 0 Å². The molecule has 2 saturated carbocycles. The normalized spacial score (nSPS) is 25.0. The Kier molecular flexibility index (Phi) is 11.5. The third-order valence-electron chi connectivity index (χ3n) is 8.28. The summed E-state index contributed by atoms with van der Waals surface area (Å²) in [6.07, 6.45) is 0.289. The minimum atomic E-state index is -4.50. The van der Waals surface area contributed by atoms with Gasteiger partial charge in [-0.15, -0.1) is 0 Å². The van der Waals surface area contributed by atoms with Crippen LogP contribution in [0.1, 0.15) is 114 Å². The van der Waals surface area contributed by atoms with Crippen molar-refractivity contribution in [1.29, 1.82) is 0 Å². The Hall–Kier alpha value is -1.84. The van der Waals surface area contributed by atoms with Crippen molar-refractivity contribution in [2.75, 3.05) is 0 Å². The first-order valence-electron chi connectivity index (χ1n) is 13.9. The van der Waals surface area contributed by atoms with Gasteiger partial charge in [0.1, 0.15) is 11.7 Å². The molecule has 0 aromatic heterocycles. The standard InChI is InChI=1S/C24H40O6.C5H9F3O/c1-8-24(7,21(28)30-22(2,3)4)14-17(13-23(5,6)20(26)27)19(25)29-18-12-15-9-10-16(18)11-15;1-3-4(2,9)5(6,7)8/h15-18H,8-14H2,1-7H3,(H,26,27);9H,3H2,1-2H3. The summed E-state index contributed by atoms with van der Waals surface area (Å²) in [5.74, 6) is -1.29. The van der Waals surface area contributed by atoms with Gasteiger partial charge in [-0.3, -0.25) is 14.4 Å². The SMILES string of the molecule is CCC(C)(CC(CC(C)(C)C(=O)O)C(=O)OC1CC2CCC1C2)C(=O)OC(C)(C)C.CCC(C)(O)C(F)(F)F. The third-order valence-corrected chi connectivity index (χ3v) is 8.28. The number of halogens is 3. The van der Waals surface area contributed by atoms with E-state index in [0.29, 0.717) is 18.3 Å². The maximum absolute atomic E-state index is 13.2. The largest absolute Gasteiger partial charge is 0.481 e. The van der Waals surface area contributed by atoms with E-state index in [9.17, 15) is 32.7 Å². The van der Waals surface area contributed by atoms with Crippen molar-refractivity contribution in [2.24, 2.45) is 28.6 Å². The summed E-state index contributed by atoms with van der Waals surface area (Å²) < 4.78 is 46.3. The molecule has 0 radical (unpaired) electrons. The van der Waals surface area contributed by atoms with E-state index in [1.165, 1.54) is 13.3 Å². The highest BCUT2D eigenvalue weighted by Gasteiger charge is 2.48. The number of alkyl halides is 3. The molecule has 0 heterocycles. The van der Waals surface area contributed by atoms with Crippen LogP contribution in [-0.4, -0.2) is 51.6 Å². The van der Waals surface area contributed by atoms with E-state index in [1.54, 1.807) is 20.8 Å². The number of carbonyl (C=O) groups is 3. The number of fused-ring (bicyclic) bond motifs is 2. The Morgan fingerprint density at radius 2 is 1.46 bits per heavy atom. The summed E-state index contributed by atoms with van der Waals surface area (Å²) in [6, 6.07) is 0. The molecule has 6 unspecified atom stereocenters. The second-order valence-electron chi connectivity index (χ2n) is 13.5. The molecular formula is C29H49F3O7. The summed E-state index contributed by atoms with van der Waals surface area (Å²) in [4.78, 5) is 37.9. The molecule has 2 fully saturated rings. The molecule has 2 N–H and O–H groups in total. The van der Waals surface area contributed by atoms with Gasteiger partial charge in [0, 0.05) is 0 Å². The number of ether oxygens (including phenoxy) is 2. The quantitative estimate of drug-likeness (QED) is 0.283. The number of aliphatic carboxylic acids is 1. The van der Waals surface area contributed by atoms with E-state index in [0.717, 1.165) is 26.2 Å². The van der Waals surface area contributed by atoms with Gasteiger partial charge >= 0.3 is 24.1 Å². The Morgan fingerprint density at radius 3 is 1.79 bits per heavy atom. The number of hydrogen-bond acceptors (Lipinski definition) is 6. The summed E-state index contributed by atoms with van der Waals surface area (Å²) in [5.41, 5.74) is -5.14. The fourth-order valence-corrected chi connectivity index (χ4v) is 5.04. The van der Waals surface area contributed by atoms with Crippen molar-refractivity contribution in [3.8, 4) is 0 Å². The van der Waals surface area contributed by atoms with Crippen molar-refractivity contribution in [2.45, 2.75) is 137 Å².